The number of anilines is 1. The highest BCUT2D eigenvalue weighted by atomic mass is 16.4. The Morgan fingerprint density at radius 3 is 3.11 bits per heavy atom. The fourth-order valence-electron chi connectivity index (χ4n) is 2.65. The maximum absolute atomic E-state index is 11.5. The predicted molar refractivity (Wildman–Crippen MR) is 70.7 cm³/mol. The molecule has 2 heterocycles. The number of pyridine rings is 1. The number of aliphatic carboxylic acids is 1. The molecule has 1 aromatic heterocycles. The third-order valence-corrected chi connectivity index (χ3v) is 3.78. The molecule has 1 aromatic rings. The van der Waals surface area contributed by atoms with Crippen LogP contribution in [-0.4, -0.2) is 28.6 Å². The van der Waals surface area contributed by atoms with E-state index in [1.807, 2.05) is 6.07 Å². The molecule has 1 saturated heterocycles. The average molecular weight is 259 g/mol. The lowest BCUT2D eigenvalue weighted by Gasteiger charge is -2.38. The van der Waals surface area contributed by atoms with Crippen molar-refractivity contribution in [2.45, 2.75) is 32.2 Å². The van der Waals surface area contributed by atoms with Crippen LogP contribution in [0.25, 0.3) is 0 Å². The molecule has 2 rings (SSSR count). The maximum atomic E-state index is 11.5. The number of carboxylic acids is 1. The fourth-order valence-corrected chi connectivity index (χ4v) is 2.65. The van der Waals surface area contributed by atoms with E-state index in [4.69, 9.17) is 5.26 Å². The Hall–Kier alpha value is -2.09. The SMILES string of the molecule is CCC1CCN(c2cccnc2C#N)C(C(=O)O)C1. The molecule has 1 N–H and O–H groups in total. The summed E-state index contributed by atoms with van der Waals surface area (Å²) in [6, 6.07) is 4.98. The van der Waals surface area contributed by atoms with Crippen LogP contribution >= 0.6 is 0 Å². The van der Waals surface area contributed by atoms with Gasteiger partial charge in [0, 0.05) is 12.7 Å². The van der Waals surface area contributed by atoms with Crippen LogP contribution in [0.2, 0.25) is 0 Å². The van der Waals surface area contributed by atoms with Crippen LogP contribution < -0.4 is 4.90 Å². The molecule has 5 heteroatoms. The molecule has 2 atom stereocenters. The van der Waals surface area contributed by atoms with E-state index in [1.165, 1.54) is 0 Å². The molecule has 0 spiro atoms. The molecule has 100 valence electrons. The van der Waals surface area contributed by atoms with Gasteiger partial charge in [-0.05, 0) is 30.9 Å². The summed E-state index contributed by atoms with van der Waals surface area (Å²) in [6.45, 7) is 2.75. The normalized spacial score (nSPS) is 22.8. The van der Waals surface area contributed by atoms with Gasteiger partial charge in [-0.2, -0.15) is 5.26 Å². The lowest BCUT2D eigenvalue weighted by atomic mass is 9.88. The van der Waals surface area contributed by atoms with Crippen LogP contribution in [-0.2, 0) is 4.79 Å². The number of nitriles is 1. The summed E-state index contributed by atoms with van der Waals surface area (Å²) >= 11 is 0. The zero-order chi connectivity index (χ0) is 13.8. The monoisotopic (exact) mass is 259 g/mol. The molecule has 0 bridgehead atoms. The van der Waals surface area contributed by atoms with E-state index in [1.54, 1.807) is 23.2 Å². The van der Waals surface area contributed by atoms with E-state index in [2.05, 4.69) is 11.9 Å². The van der Waals surface area contributed by atoms with Crippen molar-refractivity contribution in [3.8, 4) is 6.07 Å². The largest absolute Gasteiger partial charge is 0.480 e. The van der Waals surface area contributed by atoms with E-state index in [-0.39, 0.29) is 0 Å². The quantitative estimate of drug-likeness (QED) is 0.898. The molecule has 1 fully saturated rings. The molecule has 0 amide bonds. The van der Waals surface area contributed by atoms with E-state index in [0.717, 1.165) is 12.8 Å². The average Bonchev–Trinajstić information content (AvgIpc) is 2.46. The predicted octanol–water partition coefficient (Wildman–Crippen LogP) is 2.03. The number of carbonyl (C=O) groups is 1. The molecule has 5 nitrogen and oxygen atoms in total. The van der Waals surface area contributed by atoms with Gasteiger partial charge in [-0.25, -0.2) is 9.78 Å². The Balaban J connectivity index is 2.32. The summed E-state index contributed by atoms with van der Waals surface area (Å²) in [5.74, 6) is -0.384. The van der Waals surface area contributed by atoms with Crippen molar-refractivity contribution in [2.75, 3.05) is 11.4 Å². The fraction of sp³-hybridized carbons (Fsp3) is 0.500. The summed E-state index contributed by atoms with van der Waals surface area (Å²) in [5.41, 5.74) is 0.927. The summed E-state index contributed by atoms with van der Waals surface area (Å²) < 4.78 is 0. The molecule has 0 radical (unpaired) electrons. The minimum absolute atomic E-state index is 0.295. The Bertz CT molecular complexity index is 510. The minimum Gasteiger partial charge on any atom is -0.480 e. The van der Waals surface area contributed by atoms with Crippen molar-refractivity contribution in [1.82, 2.24) is 4.98 Å². The number of nitrogens with zero attached hydrogens (tertiary/aromatic N) is 3. The smallest absolute Gasteiger partial charge is 0.326 e. The van der Waals surface area contributed by atoms with Crippen molar-refractivity contribution in [3.63, 3.8) is 0 Å². The van der Waals surface area contributed by atoms with Crippen LogP contribution in [0.4, 0.5) is 5.69 Å². The molecule has 2 unspecified atom stereocenters. The third kappa shape index (κ3) is 2.68. The molecule has 0 saturated carbocycles. The van der Waals surface area contributed by atoms with Crippen molar-refractivity contribution < 1.29 is 9.90 Å². The number of rotatable bonds is 3. The van der Waals surface area contributed by atoms with Gasteiger partial charge in [0.25, 0.3) is 0 Å². The van der Waals surface area contributed by atoms with Gasteiger partial charge in [0.2, 0.25) is 0 Å². The second-order valence-corrected chi connectivity index (χ2v) is 4.83. The lowest BCUT2D eigenvalue weighted by Crippen LogP contribution is -2.47. The summed E-state index contributed by atoms with van der Waals surface area (Å²) in [7, 11) is 0. The first-order valence-electron chi connectivity index (χ1n) is 6.52. The van der Waals surface area contributed by atoms with Crippen molar-refractivity contribution >= 4 is 11.7 Å². The topological polar surface area (TPSA) is 77.2 Å². The number of piperidine rings is 1. The first-order chi connectivity index (χ1) is 9.17. The highest BCUT2D eigenvalue weighted by molar-refractivity contribution is 5.79. The molecule has 1 aliphatic heterocycles. The van der Waals surface area contributed by atoms with Crippen molar-refractivity contribution in [3.05, 3.63) is 24.0 Å². The zero-order valence-electron chi connectivity index (χ0n) is 10.9. The third-order valence-electron chi connectivity index (χ3n) is 3.78. The van der Waals surface area contributed by atoms with Crippen LogP contribution in [0, 0.1) is 17.2 Å². The highest BCUT2D eigenvalue weighted by Crippen LogP contribution is 2.31. The maximum Gasteiger partial charge on any atom is 0.326 e. The van der Waals surface area contributed by atoms with Gasteiger partial charge in [0.1, 0.15) is 12.1 Å². The van der Waals surface area contributed by atoms with Gasteiger partial charge in [-0.15, -0.1) is 0 Å². The summed E-state index contributed by atoms with van der Waals surface area (Å²) in [4.78, 5) is 17.3. The first kappa shape index (κ1) is 13.3. The standard InChI is InChI=1S/C14H17N3O2/c1-2-10-5-7-17(13(8-10)14(18)19)12-4-3-6-16-11(12)9-15/h3-4,6,10,13H,2,5,7-8H2,1H3,(H,18,19). The summed E-state index contributed by atoms with van der Waals surface area (Å²) in [6.07, 6.45) is 4.14. The molecule has 19 heavy (non-hydrogen) atoms. The Labute approximate surface area is 112 Å². The van der Waals surface area contributed by atoms with Crippen molar-refractivity contribution in [1.29, 1.82) is 5.26 Å². The van der Waals surface area contributed by atoms with Crippen LogP contribution in [0.5, 0.6) is 0 Å². The minimum atomic E-state index is -0.828. The molecule has 0 aliphatic carbocycles. The number of hydrogen-bond acceptors (Lipinski definition) is 4. The van der Waals surface area contributed by atoms with Gasteiger partial charge in [0.05, 0.1) is 5.69 Å². The van der Waals surface area contributed by atoms with Crippen LogP contribution in [0.15, 0.2) is 18.3 Å². The van der Waals surface area contributed by atoms with Gasteiger partial charge >= 0.3 is 5.97 Å². The van der Waals surface area contributed by atoms with Gasteiger partial charge in [-0.1, -0.05) is 13.3 Å². The number of aromatic nitrogens is 1. The lowest BCUT2D eigenvalue weighted by molar-refractivity contribution is -0.139. The van der Waals surface area contributed by atoms with E-state index in [0.29, 0.717) is 30.3 Å². The molecule has 0 aromatic carbocycles. The number of hydrogen-bond donors (Lipinski definition) is 1. The first-order valence-corrected chi connectivity index (χ1v) is 6.52. The summed E-state index contributed by atoms with van der Waals surface area (Å²) in [5, 5.41) is 18.5. The van der Waals surface area contributed by atoms with Crippen molar-refractivity contribution in [2.24, 2.45) is 5.92 Å². The Morgan fingerprint density at radius 1 is 1.68 bits per heavy atom. The van der Waals surface area contributed by atoms with Gasteiger partial charge < -0.3 is 10.0 Å². The van der Waals surface area contributed by atoms with Gasteiger partial charge in [-0.3, -0.25) is 0 Å². The zero-order valence-corrected chi connectivity index (χ0v) is 10.9. The molecule has 1 aliphatic rings. The van der Waals surface area contributed by atoms with E-state index in [9.17, 15) is 9.90 Å². The number of carboxylic acid groups (broad SMARTS) is 1. The second kappa shape index (κ2) is 5.70. The second-order valence-electron chi connectivity index (χ2n) is 4.83. The Morgan fingerprint density at radius 2 is 2.47 bits per heavy atom. The van der Waals surface area contributed by atoms with Gasteiger partial charge in [0.15, 0.2) is 5.69 Å². The van der Waals surface area contributed by atoms with Crippen LogP contribution in [0.1, 0.15) is 31.9 Å². The molecular formula is C14H17N3O2. The highest BCUT2D eigenvalue weighted by Gasteiger charge is 2.33. The molecular weight excluding hydrogens is 242 g/mol. The Kier molecular flexibility index (Phi) is 4.00. The van der Waals surface area contributed by atoms with E-state index >= 15 is 0 Å². The van der Waals surface area contributed by atoms with Crippen LogP contribution in [0.3, 0.4) is 0 Å². The van der Waals surface area contributed by atoms with E-state index < -0.39 is 12.0 Å².